The first-order valence-electron chi connectivity index (χ1n) is 7.32. The molecular weight excluding hydrogens is 308 g/mol. The maximum atomic E-state index is 12.2. The average molecular weight is 328 g/mol. The maximum absolute atomic E-state index is 12.2. The van der Waals surface area contributed by atoms with Crippen LogP contribution < -0.4 is 14.9 Å². The van der Waals surface area contributed by atoms with Crippen molar-refractivity contribution in [1.82, 2.24) is 5.43 Å². The van der Waals surface area contributed by atoms with Crippen LogP contribution in [0.5, 0.6) is 11.5 Å². The fraction of sp³-hybridized carbons (Fsp3) is 0.222. The Labute approximate surface area is 141 Å². The fourth-order valence-electron chi connectivity index (χ4n) is 2.19. The van der Waals surface area contributed by atoms with Gasteiger partial charge in [-0.3, -0.25) is 4.79 Å². The summed E-state index contributed by atoms with van der Waals surface area (Å²) < 4.78 is 15.7. The third-order valence-electron chi connectivity index (χ3n) is 3.39. The summed E-state index contributed by atoms with van der Waals surface area (Å²) in [5.41, 5.74) is 3.92. The molecule has 6 nitrogen and oxygen atoms in total. The number of amides is 1. The van der Waals surface area contributed by atoms with Gasteiger partial charge in [-0.2, -0.15) is 5.10 Å². The smallest absolute Gasteiger partial charge is 0.273 e. The maximum Gasteiger partial charge on any atom is 0.273 e. The molecule has 0 heterocycles. The highest BCUT2D eigenvalue weighted by Crippen LogP contribution is 2.22. The normalized spacial score (nSPS) is 12.0. The number of nitrogens with zero attached hydrogens (tertiary/aromatic N) is 1. The van der Waals surface area contributed by atoms with E-state index < -0.39 is 6.10 Å². The van der Waals surface area contributed by atoms with E-state index in [4.69, 9.17) is 14.2 Å². The van der Waals surface area contributed by atoms with Crippen LogP contribution >= 0.6 is 0 Å². The number of ether oxygens (including phenoxy) is 3. The van der Waals surface area contributed by atoms with Crippen LogP contribution in [0, 0.1) is 0 Å². The summed E-state index contributed by atoms with van der Waals surface area (Å²) in [5.74, 6) is 0.935. The molecule has 0 spiro atoms. The molecule has 2 rings (SSSR count). The average Bonchev–Trinajstić information content (AvgIpc) is 2.63. The van der Waals surface area contributed by atoms with Gasteiger partial charge in [-0.25, -0.2) is 5.43 Å². The lowest BCUT2D eigenvalue weighted by Crippen LogP contribution is -2.26. The van der Waals surface area contributed by atoms with Crippen molar-refractivity contribution in [3.8, 4) is 11.5 Å². The first-order valence-corrected chi connectivity index (χ1v) is 7.32. The molecule has 6 heteroatoms. The van der Waals surface area contributed by atoms with Crippen LogP contribution in [-0.4, -0.2) is 33.5 Å². The molecule has 0 aliphatic rings. The molecule has 0 bridgehead atoms. The molecule has 0 fully saturated rings. The number of rotatable bonds is 7. The van der Waals surface area contributed by atoms with Crippen LogP contribution in [0.1, 0.15) is 17.2 Å². The molecule has 0 saturated carbocycles. The number of hydrazone groups is 1. The minimum absolute atomic E-state index is 0.359. The number of carbonyl (C=O) groups excluding carboxylic acids is 1. The molecule has 0 saturated heterocycles. The Bertz CT molecular complexity index is 701. The van der Waals surface area contributed by atoms with Gasteiger partial charge in [-0.05, 0) is 23.8 Å². The highest BCUT2D eigenvalue weighted by molar-refractivity contribution is 5.87. The van der Waals surface area contributed by atoms with Gasteiger partial charge in [0.2, 0.25) is 0 Å². The summed E-state index contributed by atoms with van der Waals surface area (Å²) >= 11 is 0. The van der Waals surface area contributed by atoms with Crippen molar-refractivity contribution in [1.29, 1.82) is 0 Å². The molecule has 0 aliphatic heterocycles. The van der Waals surface area contributed by atoms with E-state index in [-0.39, 0.29) is 5.91 Å². The Morgan fingerprint density at radius 2 is 1.83 bits per heavy atom. The Morgan fingerprint density at radius 3 is 2.46 bits per heavy atom. The summed E-state index contributed by atoms with van der Waals surface area (Å²) in [6, 6.07) is 14.5. The monoisotopic (exact) mass is 328 g/mol. The number of benzene rings is 2. The van der Waals surface area contributed by atoms with E-state index in [1.807, 2.05) is 30.3 Å². The lowest BCUT2D eigenvalue weighted by atomic mass is 10.1. The van der Waals surface area contributed by atoms with Crippen molar-refractivity contribution in [2.45, 2.75) is 6.10 Å². The van der Waals surface area contributed by atoms with Crippen molar-refractivity contribution in [3.05, 3.63) is 59.7 Å². The van der Waals surface area contributed by atoms with Crippen LogP contribution in [0.15, 0.2) is 53.6 Å². The molecule has 2 aromatic rings. The SMILES string of the molecule is COc1ccc(OC)c(/C=N/NC(=O)C(OC)c2ccccc2)c1. The van der Waals surface area contributed by atoms with Crippen molar-refractivity contribution in [2.24, 2.45) is 5.10 Å². The van der Waals surface area contributed by atoms with Crippen LogP contribution in [0.4, 0.5) is 0 Å². The second kappa shape index (κ2) is 8.69. The van der Waals surface area contributed by atoms with E-state index in [2.05, 4.69) is 10.5 Å². The quantitative estimate of drug-likeness (QED) is 0.626. The Morgan fingerprint density at radius 1 is 1.08 bits per heavy atom. The number of hydrogen-bond donors (Lipinski definition) is 1. The molecule has 1 N–H and O–H groups in total. The van der Waals surface area contributed by atoms with Crippen LogP contribution in [0.25, 0.3) is 0 Å². The predicted molar refractivity (Wildman–Crippen MR) is 91.5 cm³/mol. The molecule has 1 atom stereocenters. The highest BCUT2D eigenvalue weighted by atomic mass is 16.5. The summed E-state index contributed by atoms with van der Waals surface area (Å²) in [6.45, 7) is 0. The van der Waals surface area contributed by atoms with Crippen LogP contribution in [-0.2, 0) is 9.53 Å². The Hall–Kier alpha value is -2.86. The first kappa shape index (κ1) is 17.5. The predicted octanol–water partition coefficient (Wildman–Crippen LogP) is 2.54. The van der Waals surface area contributed by atoms with Crippen molar-refractivity contribution in [3.63, 3.8) is 0 Å². The first-order chi connectivity index (χ1) is 11.7. The summed E-state index contributed by atoms with van der Waals surface area (Å²) in [7, 11) is 4.62. The van der Waals surface area contributed by atoms with E-state index >= 15 is 0 Å². The molecule has 126 valence electrons. The molecule has 0 aliphatic carbocycles. The Kier molecular flexibility index (Phi) is 6.33. The lowest BCUT2D eigenvalue weighted by molar-refractivity contribution is -0.131. The molecule has 1 amide bonds. The second-order valence-electron chi connectivity index (χ2n) is 4.87. The van der Waals surface area contributed by atoms with Gasteiger partial charge >= 0.3 is 0 Å². The third kappa shape index (κ3) is 4.33. The number of carbonyl (C=O) groups is 1. The van der Waals surface area contributed by atoms with Crippen molar-refractivity contribution >= 4 is 12.1 Å². The molecule has 24 heavy (non-hydrogen) atoms. The van der Waals surface area contributed by atoms with Crippen molar-refractivity contribution < 1.29 is 19.0 Å². The number of hydrogen-bond acceptors (Lipinski definition) is 5. The standard InChI is InChI=1S/C18H20N2O4/c1-22-15-9-10-16(23-2)14(11-15)12-19-20-18(21)17(24-3)13-7-5-4-6-8-13/h4-12,17H,1-3H3,(H,20,21)/b19-12+. The highest BCUT2D eigenvalue weighted by Gasteiger charge is 2.19. The zero-order chi connectivity index (χ0) is 17.4. The molecule has 0 aromatic heterocycles. The second-order valence-corrected chi connectivity index (χ2v) is 4.87. The van der Waals surface area contributed by atoms with Crippen LogP contribution in [0.2, 0.25) is 0 Å². The summed E-state index contributed by atoms with van der Waals surface area (Å²) in [6.07, 6.45) is 0.771. The molecule has 1 unspecified atom stereocenters. The third-order valence-corrected chi connectivity index (χ3v) is 3.39. The van der Waals surface area contributed by atoms with E-state index in [1.54, 1.807) is 32.4 Å². The number of methoxy groups -OCH3 is 3. The zero-order valence-corrected chi connectivity index (χ0v) is 13.9. The fourth-order valence-corrected chi connectivity index (χ4v) is 2.19. The van der Waals surface area contributed by atoms with E-state index in [0.29, 0.717) is 17.1 Å². The van der Waals surface area contributed by atoms with Gasteiger partial charge in [0.15, 0.2) is 6.10 Å². The molecule has 0 radical (unpaired) electrons. The zero-order valence-electron chi connectivity index (χ0n) is 13.9. The molecular formula is C18H20N2O4. The van der Waals surface area contributed by atoms with Gasteiger partial charge in [0.25, 0.3) is 5.91 Å². The van der Waals surface area contributed by atoms with Gasteiger partial charge in [0, 0.05) is 12.7 Å². The number of nitrogens with one attached hydrogen (secondary N) is 1. The topological polar surface area (TPSA) is 69.2 Å². The Balaban J connectivity index is 2.09. The van der Waals surface area contributed by atoms with Gasteiger partial charge in [-0.1, -0.05) is 30.3 Å². The summed E-state index contributed by atoms with van der Waals surface area (Å²) in [5, 5.41) is 3.98. The van der Waals surface area contributed by atoms with Crippen LogP contribution in [0.3, 0.4) is 0 Å². The van der Waals surface area contributed by atoms with E-state index in [9.17, 15) is 4.79 Å². The van der Waals surface area contributed by atoms with Gasteiger partial charge in [-0.15, -0.1) is 0 Å². The van der Waals surface area contributed by atoms with Crippen molar-refractivity contribution in [2.75, 3.05) is 21.3 Å². The molecule has 2 aromatic carbocycles. The van der Waals surface area contributed by atoms with Gasteiger partial charge < -0.3 is 14.2 Å². The van der Waals surface area contributed by atoms with E-state index in [0.717, 1.165) is 5.56 Å². The van der Waals surface area contributed by atoms with Gasteiger partial charge in [0.1, 0.15) is 11.5 Å². The minimum Gasteiger partial charge on any atom is -0.497 e. The van der Waals surface area contributed by atoms with E-state index in [1.165, 1.54) is 13.3 Å². The van der Waals surface area contributed by atoms with Gasteiger partial charge in [0.05, 0.1) is 20.4 Å². The minimum atomic E-state index is -0.726. The summed E-state index contributed by atoms with van der Waals surface area (Å²) in [4.78, 5) is 12.2. The largest absolute Gasteiger partial charge is 0.497 e. The lowest BCUT2D eigenvalue weighted by Gasteiger charge is -2.13.